The van der Waals surface area contributed by atoms with Crippen molar-refractivity contribution in [1.29, 1.82) is 0 Å². The van der Waals surface area contributed by atoms with Gasteiger partial charge in [-0.1, -0.05) is 11.6 Å². The predicted molar refractivity (Wildman–Crippen MR) is 126 cm³/mol. The Morgan fingerprint density at radius 2 is 2.06 bits per heavy atom. The number of alkyl halides is 1. The number of nitrogens with one attached hydrogen (secondary N) is 2. The first-order chi connectivity index (χ1) is 15.4. The number of nitrogens with zero attached hydrogens (tertiary/aromatic N) is 4. The largest absolute Gasteiger partial charge is 0.478 e. The fourth-order valence-electron chi connectivity index (χ4n) is 4.66. The summed E-state index contributed by atoms with van der Waals surface area (Å²) in [6, 6.07) is 0.789. The van der Waals surface area contributed by atoms with E-state index in [4.69, 9.17) is 27.1 Å². The lowest BCUT2D eigenvalue weighted by atomic mass is 9.90. The van der Waals surface area contributed by atoms with Crippen LogP contribution in [0.3, 0.4) is 0 Å². The minimum absolute atomic E-state index is 0.109. The van der Waals surface area contributed by atoms with Gasteiger partial charge in [0.15, 0.2) is 5.82 Å². The minimum atomic E-state index is -0.667. The second-order valence-corrected chi connectivity index (χ2v) is 9.40. The molecule has 1 aromatic heterocycles. The highest BCUT2D eigenvalue weighted by Gasteiger charge is 2.31. The Bertz CT molecular complexity index is 872. The molecule has 8 nitrogen and oxygen atoms in total. The number of hydrogen-bond donors (Lipinski definition) is 3. The first-order valence-electron chi connectivity index (χ1n) is 11.5. The number of aromatic nitrogens is 2. The lowest BCUT2D eigenvalue weighted by molar-refractivity contribution is 0.171. The van der Waals surface area contributed by atoms with Crippen LogP contribution in [0.5, 0.6) is 0 Å². The smallest absolute Gasteiger partial charge is 0.229 e. The van der Waals surface area contributed by atoms with Gasteiger partial charge in [-0.05, 0) is 46.0 Å². The third kappa shape index (κ3) is 5.61. The first-order valence-corrected chi connectivity index (χ1v) is 11.9. The summed E-state index contributed by atoms with van der Waals surface area (Å²) < 4.78 is 19.4. The highest BCUT2D eigenvalue weighted by molar-refractivity contribution is 6.32. The summed E-state index contributed by atoms with van der Waals surface area (Å²) in [5.74, 6) is 1.22. The van der Waals surface area contributed by atoms with Gasteiger partial charge in [-0.2, -0.15) is 4.98 Å². The summed E-state index contributed by atoms with van der Waals surface area (Å²) >= 11 is 6.25. The maximum absolute atomic E-state index is 13.6. The molecule has 1 saturated heterocycles. The molecule has 4 N–H and O–H groups in total. The molecular weight excluding hydrogens is 433 g/mol. The van der Waals surface area contributed by atoms with Crippen molar-refractivity contribution < 1.29 is 9.13 Å². The molecule has 2 fully saturated rings. The number of nitrogens with two attached hydrogens (primary N) is 1. The summed E-state index contributed by atoms with van der Waals surface area (Å²) in [7, 11) is 0. The van der Waals surface area contributed by atoms with E-state index >= 15 is 0 Å². The van der Waals surface area contributed by atoms with Gasteiger partial charge in [0.05, 0.1) is 24.6 Å². The van der Waals surface area contributed by atoms with Gasteiger partial charge >= 0.3 is 0 Å². The van der Waals surface area contributed by atoms with E-state index in [1.807, 2.05) is 13.8 Å². The zero-order valence-electron chi connectivity index (χ0n) is 18.8. The summed E-state index contributed by atoms with van der Waals surface area (Å²) in [5.41, 5.74) is 7.63. The number of ether oxygens (including phenoxy) is 1. The molecule has 2 unspecified atom stereocenters. The fourth-order valence-corrected chi connectivity index (χ4v) is 4.81. The van der Waals surface area contributed by atoms with Crippen LogP contribution in [0.2, 0.25) is 5.02 Å². The standard InChI is InChI=1S/C22H33ClFN7O/c1-13-8-10-32-20(25)19(29-22-26-11-18(23)21(27-13)30-22)14(2)28-16-3-5-17(6-4-16)31-9-7-15(24)12-31/h11,13,15-17H,3-10,12,25H2,1-2H3,(H2,26,27,29,30). The Morgan fingerprint density at radius 1 is 1.28 bits per heavy atom. The summed E-state index contributed by atoms with van der Waals surface area (Å²) in [4.78, 5) is 16.0. The third-order valence-electron chi connectivity index (χ3n) is 6.50. The number of anilines is 2. The molecule has 0 amide bonds. The van der Waals surface area contributed by atoms with E-state index in [1.165, 1.54) is 0 Å². The van der Waals surface area contributed by atoms with Gasteiger partial charge < -0.3 is 21.1 Å². The minimum Gasteiger partial charge on any atom is -0.478 e. The van der Waals surface area contributed by atoms with Crippen LogP contribution in [0.4, 0.5) is 16.2 Å². The predicted octanol–water partition coefficient (Wildman–Crippen LogP) is 3.71. The Kier molecular flexibility index (Phi) is 7.35. The molecule has 32 heavy (non-hydrogen) atoms. The van der Waals surface area contributed by atoms with Crippen molar-refractivity contribution in [3.8, 4) is 0 Å². The molecule has 1 aliphatic carbocycles. The topological polar surface area (TPSA) is 101 Å². The third-order valence-corrected chi connectivity index (χ3v) is 6.78. The van der Waals surface area contributed by atoms with Gasteiger partial charge in [0.25, 0.3) is 0 Å². The molecular formula is C22H33ClFN7O. The van der Waals surface area contributed by atoms with Gasteiger partial charge in [-0.25, -0.2) is 9.37 Å². The summed E-state index contributed by atoms with van der Waals surface area (Å²) in [5, 5.41) is 6.92. The van der Waals surface area contributed by atoms with Gasteiger partial charge in [-0.15, -0.1) is 0 Å². The van der Waals surface area contributed by atoms with Gasteiger partial charge in [0.2, 0.25) is 11.8 Å². The Labute approximate surface area is 193 Å². The average molecular weight is 466 g/mol. The van der Waals surface area contributed by atoms with Gasteiger partial charge in [0, 0.05) is 31.6 Å². The number of fused-ring (bicyclic) bond motifs is 2. The Hall–Kier alpha value is -2.13. The lowest BCUT2D eigenvalue weighted by Crippen LogP contribution is -2.37. The first kappa shape index (κ1) is 23.0. The molecule has 2 bridgehead atoms. The van der Waals surface area contributed by atoms with E-state index in [0.29, 0.717) is 48.1 Å². The lowest BCUT2D eigenvalue weighted by Gasteiger charge is -2.33. The molecule has 2 aliphatic heterocycles. The fraction of sp³-hybridized carbons (Fsp3) is 0.682. The molecule has 2 atom stereocenters. The molecule has 3 heterocycles. The molecule has 0 radical (unpaired) electrons. The molecule has 10 heteroatoms. The van der Waals surface area contributed by atoms with Crippen LogP contribution in [0.1, 0.15) is 52.4 Å². The van der Waals surface area contributed by atoms with Crippen LogP contribution in [0.15, 0.2) is 22.8 Å². The van der Waals surface area contributed by atoms with Crippen LogP contribution < -0.4 is 16.4 Å². The van der Waals surface area contributed by atoms with E-state index in [-0.39, 0.29) is 18.0 Å². The van der Waals surface area contributed by atoms with E-state index in [9.17, 15) is 4.39 Å². The zero-order valence-corrected chi connectivity index (χ0v) is 19.5. The van der Waals surface area contributed by atoms with Crippen LogP contribution in [-0.4, -0.2) is 64.6 Å². The Morgan fingerprint density at radius 3 is 2.78 bits per heavy atom. The van der Waals surface area contributed by atoms with Crippen molar-refractivity contribution in [3.05, 3.63) is 22.8 Å². The maximum Gasteiger partial charge on any atom is 0.229 e. The van der Waals surface area contributed by atoms with E-state index in [0.717, 1.165) is 44.4 Å². The van der Waals surface area contributed by atoms with E-state index in [1.54, 1.807) is 6.20 Å². The molecule has 0 spiro atoms. The van der Waals surface area contributed by atoms with E-state index in [2.05, 4.69) is 25.5 Å². The van der Waals surface area contributed by atoms with Crippen LogP contribution in [-0.2, 0) is 4.74 Å². The molecule has 3 aliphatic rings. The Balaban J connectivity index is 1.47. The van der Waals surface area contributed by atoms with Crippen molar-refractivity contribution in [3.63, 3.8) is 0 Å². The SMILES string of the molecule is CC(=NC1CCC(N2CCC(F)C2)CC1)C1=C(N)OCCC(C)Nc2nc(ncc2Cl)N1. The van der Waals surface area contributed by atoms with Gasteiger partial charge in [0.1, 0.15) is 16.9 Å². The monoisotopic (exact) mass is 465 g/mol. The average Bonchev–Trinajstić information content (AvgIpc) is 3.19. The van der Waals surface area contributed by atoms with Gasteiger partial charge in [-0.3, -0.25) is 9.89 Å². The normalized spacial score (nSPS) is 30.2. The molecule has 176 valence electrons. The highest BCUT2D eigenvalue weighted by Crippen LogP contribution is 2.29. The molecule has 1 saturated carbocycles. The second kappa shape index (κ2) is 10.2. The zero-order chi connectivity index (χ0) is 22.7. The van der Waals surface area contributed by atoms with Crippen molar-refractivity contribution in [2.45, 2.75) is 76.7 Å². The maximum atomic E-state index is 13.6. The van der Waals surface area contributed by atoms with E-state index < -0.39 is 6.17 Å². The number of likely N-dealkylation sites (tertiary alicyclic amines) is 1. The number of allylic oxidation sites excluding steroid dienone is 1. The highest BCUT2D eigenvalue weighted by atomic mass is 35.5. The van der Waals surface area contributed by atoms with Crippen LogP contribution in [0, 0.1) is 0 Å². The summed E-state index contributed by atoms with van der Waals surface area (Å²) in [6.45, 7) is 5.87. The van der Waals surface area contributed by atoms with Crippen molar-refractivity contribution in [2.24, 2.45) is 10.7 Å². The molecule has 4 rings (SSSR count). The van der Waals surface area contributed by atoms with Crippen LogP contribution >= 0.6 is 11.6 Å². The van der Waals surface area contributed by atoms with Crippen LogP contribution in [0.25, 0.3) is 0 Å². The van der Waals surface area contributed by atoms with Crippen molar-refractivity contribution in [2.75, 3.05) is 30.3 Å². The van der Waals surface area contributed by atoms with Crippen molar-refractivity contribution in [1.82, 2.24) is 14.9 Å². The number of aliphatic imine (C=N–C) groups is 1. The number of rotatable bonds is 3. The molecule has 1 aromatic rings. The number of hydrogen-bond acceptors (Lipinski definition) is 8. The number of halogens is 2. The summed E-state index contributed by atoms with van der Waals surface area (Å²) in [6.07, 6.45) is 6.34. The second-order valence-electron chi connectivity index (χ2n) is 8.99. The van der Waals surface area contributed by atoms with Crippen molar-refractivity contribution >= 4 is 29.1 Å². The quantitative estimate of drug-likeness (QED) is 0.585. The molecule has 0 aromatic carbocycles.